The lowest BCUT2D eigenvalue weighted by atomic mass is 9.93. The van der Waals surface area contributed by atoms with Crippen LogP contribution in [-0.2, 0) is 0 Å². The SMILES string of the molecule is C=CCC(Cl)(CC=C)CCCCCCCCCCCC.N. The van der Waals surface area contributed by atoms with Crippen LogP contribution in [0.3, 0.4) is 0 Å². The van der Waals surface area contributed by atoms with Gasteiger partial charge in [0.05, 0.1) is 4.87 Å². The van der Waals surface area contributed by atoms with Crippen LogP contribution in [-0.4, -0.2) is 4.87 Å². The van der Waals surface area contributed by atoms with Gasteiger partial charge in [-0.25, -0.2) is 0 Å². The summed E-state index contributed by atoms with van der Waals surface area (Å²) in [7, 11) is 0. The van der Waals surface area contributed by atoms with E-state index in [1.807, 2.05) is 12.2 Å². The summed E-state index contributed by atoms with van der Waals surface area (Å²) in [5, 5.41) is 0. The van der Waals surface area contributed by atoms with Gasteiger partial charge in [0.1, 0.15) is 0 Å². The predicted octanol–water partition coefficient (Wildman–Crippen LogP) is 7.59. The monoisotopic (exact) mass is 315 g/mol. The lowest BCUT2D eigenvalue weighted by Gasteiger charge is -2.24. The molecule has 0 aliphatic carbocycles. The summed E-state index contributed by atoms with van der Waals surface area (Å²) < 4.78 is 0. The number of allylic oxidation sites excluding steroid dienone is 2. The van der Waals surface area contributed by atoms with Gasteiger partial charge < -0.3 is 6.15 Å². The molecule has 0 saturated heterocycles. The summed E-state index contributed by atoms with van der Waals surface area (Å²) in [4.78, 5) is -0.121. The van der Waals surface area contributed by atoms with Crippen molar-refractivity contribution in [2.75, 3.05) is 0 Å². The van der Waals surface area contributed by atoms with E-state index in [4.69, 9.17) is 11.6 Å². The van der Waals surface area contributed by atoms with Crippen molar-refractivity contribution in [3.63, 3.8) is 0 Å². The highest BCUT2D eigenvalue weighted by atomic mass is 35.5. The Labute approximate surface area is 138 Å². The van der Waals surface area contributed by atoms with E-state index < -0.39 is 0 Å². The fraction of sp³-hybridized carbons (Fsp3) is 0.789. The Bertz CT molecular complexity index is 228. The minimum Gasteiger partial charge on any atom is -0.344 e. The van der Waals surface area contributed by atoms with Crippen molar-refractivity contribution in [1.82, 2.24) is 6.15 Å². The van der Waals surface area contributed by atoms with Gasteiger partial charge in [-0.15, -0.1) is 24.8 Å². The van der Waals surface area contributed by atoms with Gasteiger partial charge in [0.2, 0.25) is 0 Å². The first-order valence-electron chi connectivity index (χ1n) is 8.59. The Morgan fingerprint density at radius 2 is 1.14 bits per heavy atom. The van der Waals surface area contributed by atoms with Crippen molar-refractivity contribution in [2.45, 2.75) is 95.3 Å². The molecule has 2 heteroatoms. The molecule has 0 spiro atoms. The van der Waals surface area contributed by atoms with Gasteiger partial charge in [0.15, 0.2) is 0 Å². The molecule has 0 aliphatic heterocycles. The molecule has 0 radical (unpaired) electrons. The Morgan fingerprint density at radius 3 is 1.52 bits per heavy atom. The van der Waals surface area contributed by atoms with Crippen molar-refractivity contribution < 1.29 is 0 Å². The predicted molar refractivity (Wildman–Crippen MR) is 99.7 cm³/mol. The van der Waals surface area contributed by atoms with Crippen LogP contribution >= 0.6 is 11.6 Å². The number of hydrogen-bond donors (Lipinski definition) is 1. The van der Waals surface area contributed by atoms with Gasteiger partial charge in [0.25, 0.3) is 0 Å². The average molecular weight is 316 g/mol. The number of halogens is 1. The maximum absolute atomic E-state index is 6.61. The number of rotatable bonds is 15. The summed E-state index contributed by atoms with van der Waals surface area (Å²) in [6, 6.07) is 0. The minimum absolute atomic E-state index is 0. The first kappa shape index (κ1) is 23.0. The molecule has 0 bridgehead atoms. The van der Waals surface area contributed by atoms with Crippen LogP contribution in [0.25, 0.3) is 0 Å². The largest absolute Gasteiger partial charge is 0.344 e. The molecule has 3 N–H and O–H groups in total. The maximum atomic E-state index is 6.61. The first-order chi connectivity index (χ1) is 9.68. The van der Waals surface area contributed by atoms with E-state index >= 15 is 0 Å². The lowest BCUT2D eigenvalue weighted by molar-refractivity contribution is 0.485. The van der Waals surface area contributed by atoms with Crippen LogP contribution in [0.4, 0.5) is 0 Å². The van der Waals surface area contributed by atoms with Gasteiger partial charge in [-0.3, -0.25) is 0 Å². The number of unbranched alkanes of at least 4 members (excludes halogenated alkanes) is 9. The van der Waals surface area contributed by atoms with E-state index in [1.165, 1.54) is 64.2 Å². The molecule has 126 valence electrons. The third-order valence-corrected chi connectivity index (χ3v) is 4.50. The zero-order valence-electron chi connectivity index (χ0n) is 14.3. The Kier molecular flexibility index (Phi) is 17.6. The molecule has 0 atom stereocenters. The van der Waals surface area contributed by atoms with E-state index in [0.717, 1.165) is 19.3 Å². The Balaban J connectivity index is 0. The average Bonchev–Trinajstić information content (AvgIpc) is 2.41. The molecular weight excluding hydrogens is 278 g/mol. The van der Waals surface area contributed by atoms with Gasteiger partial charge in [-0.1, -0.05) is 83.3 Å². The van der Waals surface area contributed by atoms with E-state index in [2.05, 4.69) is 20.1 Å². The minimum atomic E-state index is -0.121. The van der Waals surface area contributed by atoms with Crippen LogP contribution in [0.15, 0.2) is 25.3 Å². The topological polar surface area (TPSA) is 35.0 Å². The molecule has 0 aromatic carbocycles. The van der Waals surface area contributed by atoms with Gasteiger partial charge >= 0.3 is 0 Å². The highest BCUT2D eigenvalue weighted by molar-refractivity contribution is 6.24. The van der Waals surface area contributed by atoms with Crippen LogP contribution in [0, 0.1) is 0 Å². The van der Waals surface area contributed by atoms with Crippen molar-refractivity contribution in [3.05, 3.63) is 25.3 Å². The highest BCUT2D eigenvalue weighted by Crippen LogP contribution is 2.31. The number of alkyl halides is 1. The quantitative estimate of drug-likeness (QED) is 0.188. The second-order valence-corrected chi connectivity index (χ2v) is 6.87. The van der Waals surface area contributed by atoms with Crippen molar-refractivity contribution in [2.24, 2.45) is 0 Å². The molecule has 21 heavy (non-hydrogen) atoms. The van der Waals surface area contributed by atoms with Crippen molar-refractivity contribution in [3.8, 4) is 0 Å². The third kappa shape index (κ3) is 14.4. The molecule has 0 heterocycles. The normalized spacial score (nSPS) is 11.0. The summed E-state index contributed by atoms with van der Waals surface area (Å²) in [5.41, 5.74) is 0. The van der Waals surface area contributed by atoms with E-state index in [0.29, 0.717) is 0 Å². The van der Waals surface area contributed by atoms with E-state index in [-0.39, 0.29) is 11.0 Å². The zero-order valence-corrected chi connectivity index (χ0v) is 15.1. The third-order valence-electron chi connectivity index (χ3n) is 4.00. The van der Waals surface area contributed by atoms with Crippen LogP contribution < -0.4 is 6.15 Å². The second kappa shape index (κ2) is 16.1. The van der Waals surface area contributed by atoms with Crippen LogP contribution in [0.1, 0.15) is 90.4 Å². The van der Waals surface area contributed by atoms with Gasteiger partial charge in [-0.05, 0) is 19.3 Å². The fourth-order valence-electron chi connectivity index (χ4n) is 2.73. The fourth-order valence-corrected chi connectivity index (χ4v) is 3.09. The molecule has 0 fully saturated rings. The maximum Gasteiger partial charge on any atom is 0.0515 e. The zero-order chi connectivity index (χ0) is 15.1. The van der Waals surface area contributed by atoms with Gasteiger partial charge in [-0.2, -0.15) is 0 Å². The number of hydrogen-bond acceptors (Lipinski definition) is 1. The molecular formula is C19H38ClN. The first-order valence-corrected chi connectivity index (χ1v) is 8.97. The van der Waals surface area contributed by atoms with Gasteiger partial charge in [0, 0.05) is 0 Å². The van der Waals surface area contributed by atoms with Crippen molar-refractivity contribution in [1.29, 1.82) is 0 Å². The summed E-state index contributed by atoms with van der Waals surface area (Å²) >= 11 is 6.61. The molecule has 0 unspecified atom stereocenters. The van der Waals surface area contributed by atoms with Crippen LogP contribution in [0.5, 0.6) is 0 Å². The molecule has 0 aliphatic rings. The van der Waals surface area contributed by atoms with E-state index in [9.17, 15) is 0 Å². The smallest absolute Gasteiger partial charge is 0.0515 e. The molecule has 0 aromatic heterocycles. The Hall–Kier alpha value is -0.270. The Morgan fingerprint density at radius 1 is 0.762 bits per heavy atom. The lowest BCUT2D eigenvalue weighted by Crippen LogP contribution is -2.19. The molecule has 0 rings (SSSR count). The highest BCUT2D eigenvalue weighted by Gasteiger charge is 2.23. The summed E-state index contributed by atoms with van der Waals surface area (Å²) in [5.74, 6) is 0. The van der Waals surface area contributed by atoms with Crippen molar-refractivity contribution >= 4 is 11.6 Å². The molecule has 0 aromatic rings. The standard InChI is InChI=1S/C19H35Cl.H3N/c1-4-7-8-9-10-11-12-13-14-15-18-19(20,16-5-2)17-6-3;/h5-6H,2-4,7-18H2,1H3;1H3. The second-order valence-electron chi connectivity index (χ2n) is 6.07. The molecule has 0 amide bonds. The molecule has 1 nitrogen and oxygen atoms in total. The summed E-state index contributed by atoms with van der Waals surface area (Å²) in [6.07, 6.45) is 20.5. The van der Waals surface area contributed by atoms with E-state index in [1.54, 1.807) is 0 Å². The van der Waals surface area contributed by atoms with Crippen LogP contribution in [0.2, 0.25) is 0 Å². The molecule has 0 saturated carbocycles. The summed E-state index contributed by atoms with van der Waals surface area (Å²) in [6.45, 7) is 9.89.